The highest BCUT2D eigenvalue weighted by molar-refractivity contribution is 5.95. The van der Waals surface area contributed by atoms with E-state index < -0.39 is 0 Å². The summed E-state index contributed by atoms with van der Waals surface area (Å²) < 4.78 is 16.6. The van der Waals surface area contributed by atoms with Crippen LogP contribution < -0.4 is 14.4 Å². The first-order chi connectivity index (χ1) is 16.5. The van der Waals surface area contributed by atoms with Crippen LogP contribution in [0.5, 0.6) is 11.5 Å². The largest absolute Gasteiger partial charge is 0.490 e. The van der Waals surface area contributed by atoms with E-state index in [9.17, 15) is 4.79 Å². The molecule has 3 heterocycles. The molecule has 0 saturated carbocycles. The first-order valence-electron chi connectivity index (χ1n) is 11.7. The molecular formula is C25H31N5O4. The summed E-state index contributed by atoms with van der Waals surface area (Å²) in [4.78, 5) is 26.1. The second-order valence-corrected chi connectivity index (χ2v) is 8.32. The highest BCUT2D eigenvalue weighted by atomic mass is 16.5. The summed E-state index contributed by atoms with van der Waals surface area (Å²) in [5.41, 5.74) is 1.41. The maximum Gasteiger partial charge on any atom is 0.254 e. The zero-order valence-corrected chi connectivity index (χ0v) is 20.2. The van der Waals surface area contributed by atoms with Crippen molar-refractivity contribution in [3.05, 3.63) is 48.0 Å². The highest BCUT2D eigenvalue weighted by Crippen LogP contribution is 2.29. The molecule has 1 fully saturated rings. The van der Waals surface area contributed by atoms with Crippen molar-refractivity contribution >= 4 is 11.7 Å². The van der Waals surface area contributed by atoms with Crippen LogP contribution >= 0.6 is 0 Å². The van der Waals surface area contributed by atoms with Gasteiger partial charge in [0.05, 0.1) is 13.2 Å². The molecule has 34 heavy (non-hydrogen) atoms. The van der Waals surface area contributed by atoms with Gasteiger partial charge in [0.25, 0.3) is 5.91 Å². The first kappa shape index (κ1) is 23.5. The van der Waals surface area contributed by atoms with Gasteiger partial charge < -0.3 is 23.8 Å². The smallest absolute Gasteiger partial charge is 0.254 e. The summed E-state index contributed by atoms with van der Waals surface area (Å²) in [6, 6.07) is 9.28. The van der Waals surface area contributed by atoms with Crippen molar-refractivity contribution in [2.45, 2.75) is 33.6 Å². The van der Waals surface area contributed by atoms with Crippen molar-refractivity contribution in [3.8, 4) is 22.9 Å². The standard InChI is InChI=1S/C25H31N5O4/c1-5-32-20-9-7-18(15-21(20)33-6-2)25(31)30-13-11-29(12-14-30)22-10-8-19(16-26-22)23-27-24(17(3)4)34-28-23/h7-10,15-17H,5-6,11-14H2,1-4H3. The Morgan fingerprint density at radius 3 is 2.38 bits per heavy atom. The number of hydrogen-bond acceptors (Lipinski definition) is 8. The Morgan fingerprint density at radius 1 is 1.03 bits per heavy atom. The highest BCUT2D eigenvalue weighted by Gasteiger charge is 2.24. The summed E-state index contributed by atoms with van der Waals surface area (Å²) in [6.07, 6.45) is 1.76. The lowest BCUT2D eigenvalue weighted by molar-refractivity contribution is 0.0746. The molecule has 1 saturated heterocycles. The van der Waals surface area contributed by atoms with Gasteiger partial charge in [-0.25, -0.2) is 4.98 Å². The molecule has 0 spiro atoms. The third-order valence-electron chi connectivity index (χ3n) is 5.62. The summed E-state index contributed by atoms with van der Waals surface area (Å²) in [5, 5.41) is 4.04. The van der Waals surface area contributed by atoms with Gasteiger partial charge in [0, 0.05) is 49.4 Å². The Hall–Kier alpha value is -3.62. The monoisotopic (exact) mass is 465 g/mol. The van der Waals surface area contributed by atoms with Crippen LogP contribution in [0.1, 0.15) is 49.9 Å². The van der Waals surface area contributed by atoms with Crippen molar-refractivity contribution in [3.63, 3.8) is 0 Å². The molecule has 1 aliphatic heterocycles. The van der Waals surface area contributed by atoms with Crippen molar-refractivity contribution in [2.24, 2.45) is 0 Å². The van der Waals surface area contributed by atoms with Gasteiger partial charge in [0.15, 0.2) is 11.5 Å². The lowest BCUT2D eigenvalue weighted by Gasteiger charge is -2.35. The van der Waals surface area contributed by atoms with E-state index in [2.05, 4.69) is 20.0 Å². The second kappa shape index (κ2) is 10.5. The number of anilines is 1. The number of benzene rings is 1. The Labute approximate surface area is 199 Å². The molecule has 1 amide bonds. The zero-order valence-electron chi connectivity index (χ0n) is 20.2. The molecular weight excluding hydrogens is 434 g/mol. The van der Waals surface area contributed by atoms with Crippen LogP contribution in [-0.4, -0.2) is 65.3 Å². The minimum absolute atomic E-state index is 0.00924. The van der Waals surface area contributed by atoms with Crippen molar-refractivity contribution < 1.29 is 18.8 Å². The number of aromatic nitrogens is 3. The van der Waals surface area contributed by atoms with Crippen LogP contribution in [0.2, 0.25) is 0 Å². The molecule has 1 aromatic carbocycles. The molecule has 2 aromatic heterocycles. The van der Waals surface area contributed by atoms with Crippen LogP contribution in [0, 0.1) is 0 Å². The number of amides is 1. The number of rotatable bonds is 8. The molecule has 0 bridgehead atoms. The fourth-order valence-corrected chi connectivity index (χ4v) is 3.80. The molecule has 0 N–H and O–H groups in total. The van der Waals surface area contributed by atoms with E-state index in [1.807, 2.05) is 44.7 Å². The topological polar surface area (TPSA) is 93.8 Å². The predicted molar refractivity (Wildman–Crippen MR) is 129 cm³/mol. The van der Waals surface area contributed by atoms with Gasteiger partial charge in [-0.2, -0.15) is 4.98 Å². The number of nitrogens with zero attached hydrogens (tertiary/aromatic N) is 5. The summed E-state index contributed by atoms with van der Waals surface area (Å²) in [6.45, 7) is 11.5. The van der Waals surface area contributed by atoms with Gasteiger partial charge >= 0.3 is 0 Å². The predicted octanol–water partition coefficient (Wildman–Crippen LogP) is 4.01. The molecule has 9 heteroatoms. The fraction of sp³-hybridized carbons (Fsp3) is 0.440. The summed E-state index contributed by atoms with van der Waals surface area (Å²) in [7, 11) is 0. The number of carbonyl (C=O) groups excluding carboxylic acids is 1. The van der Waals surface area contributed by atoms with Gasteiger partial charge in [-0.15, -0.1) is 0 Å². The minimum Gasteiger partial charge on any atom is -0.490 e. The summed E-state index contributed by atoms with van der Waals surface area (Å²) in [5.74, 6) is 3.44. The van der Waals surface area contributed by atoms with Crippen molar-refractivity contribution in [1.29, 1.82) is 0 Å². The molecule has 1 aliphatic rings. The number of piperazine rings is 1. The first-order valence-corrected chi connectivity index (χ1v) is 11.7. The van der Waals surface area contributed by atoms with E-state index in [0.717, 1.165) is 11.4 Å². The van der Waals surface area contributed by atoms with E-state index in [4.69, 9.17) is 14.0 Å². The van der Waals surface area contributed by atoms with Crippen LogP contribution in [0.25, 0.3) is 11.4 Å². The maximum absolute atomic E-state index is 13.1. The third kappa shape index (κ3) is 5.13. The number of hydrogen-bond donors (Lipinski definition) is 0. The lowest BCUT2D eigenvalue weighted by atomic mass is 10.1. The van der Waals surface area contributed by atoms with Gasteiger partial charge in [-0.1, -0.05) is 19.0 Å². The molecule has 3 aromatic rings. The number of pyridine rings is 1. The SMILES string of the molecule is CCOc1ccc(C(=O)N2CCN(c3ccc(-c4noc(C(C)C)n4)cn3)CC2)cc1OCC. The Bertz CT molecular complexity index is 1100. The van der Waals surface area contributed by atoms with Gasteiger partial charge in [-0.05, 0) is 44.2 Å². The quantitative estimate of drug-likeness (QED) is 0.493. The average molecular weight is 466 g/mol. The third-order valence-corrected chi connectivity index (χ3v) is 5.62. The average Bonchev–Trinajstić information content (AvgIpc) is 3.36. The Kier molecular flexibility index (Phi) is 7.30. The molecule has 9 nitrogen and oxygen atoms in total. The summed E-state index contributed by atoms with van der Waals surface area (Å²) >= 11 is 0. The Morgan fingerprint density at radius 2 is 1.76 bits per heavy atom. The molecule has 0 radical (unpaired) electrons. The van der Waals surface area contributed by atoms with Crippen molar-refractivity contribution in [1.82, 2.24) is 20.0 Å². The van der Waals surface area contributed by atoms with E-state index >= 15 is 0 Å². The van der Waals surface area contributed by atoms with E-state index in [1.165, 1.54) is 0 Å². The Balaban J connectivity index is 1.38. The van der Waals surface area contributed by atoms with E-state index in [1.54, 1.807) is 24.4 Å². The molecule has 0 aliphatic carbocycles. The zero-order chi connectivity index (χ0) is 24.1. The molecule has 0 atom stereocenters. The normalized spacial score (nSPS) is 13.9. The van der Waals surface area contributed by atoms with Crippen LogP contribution in [0.15, 0.2) is 41.1 Å². The number of carbonyl (C=O) groups is 1. The molecule has 0 unspecified atom stereocenters. The number of ether oxygens (including phenoxy) is 2. The van der Waals surface area contributed by atoms with Gasteiger partial charge in [0.1, 0.15) is 5.82 Å². The fourth-order valence-electron chi connectivity index (χ4n) is 3.80. The van der Waals surface area contributed by atoms with Gasteiger partial charge in [0.2, 0.25) is 11.7 Å². The maximum atomic E-state index is 13.1. The van der Waals surface area contributed by atoms with Crippen LogP contribution in [-0.2, 0) is 0 Å². The van der Waals surface area contributed by atoms with E-state index in [-0.39, 0.29) is 11.8 Å². The van der Waals surface area contributed by atoms with Gasteiger partial charge in [-0.3, -0.25) is 4.79 Å². The molecule has 180 valence electrons. The lowest BCUT2D eigenvalue weighted by Crippen LogP contribution is -2.49. The van der Waals surface area contributed by atoms with E-state index in [0.29, 0.717) is 68.2 Å². The molecule has 4 rings (SSSR count). The minimum atomic E-state index is -0.00924. The van der Waals surface area contributed by atoms with Crippen LogP contribution in [0.3, 0.4) is 0 Å². The van der Waals surface area contributed by atoms with Crippen molar-refractivity contribution in [2.75, 3.05) is 44.3 Å². The van der Waals surface area contributed by atoms with Crippen LogP contribution in [0.4, 0.5) is 5.82 Å². The second-order valence-electron chi connectivity index (χ2n) is 8.32.